The lowest BCUT2D eigenvalue weighted by atomic mass is 10.2. The zero-order valence-corrected chi connectivity index (χ0v) is 18.5. The van der Waals surface area contributed by atoms with Crippen molar-refractivity contribution in [2.45, 2.75) is 18.4 Å². The Hall–Kier alpha value is -2.82. The number of methoxy groups -OCH3 is 1. The SMILES string of the molecule is COc1ccccc1-c1nc(CN2CCN(S(=O)(=O)c3cc(F)ccc3F)CC2)c(C)o1. The molecule has 1 aliphatic rings. The zero-order chi connectivity index (χ0) is 22.9. The van der Waals surface area contributed by atoms with Crippen molar-refractivity contribution >= 4 is 10.0 Å². The Morgan fingerprint density at radius 1 is 1.09 bits per heavy atom. The highest BCUT2D eigenvalue weighted by Gasteiger charge is 2.31. The Kier molecular flexibility index (Phi) is 6.27. The van der Waals surface area contributed by atoms with Crippen LogP contribution in [0.25, 0.3) is 11.5 Å². The molecular formula is C22H23F2N3O4S. The molecular weight excluding hydrogens is 440 g/mol. The summed E-state index contributed by atoms with van der Waals surface area (Å²) in [6.45, 7) is 3.48. The molecule has 1 fully saturated rings. The first kappa shape index (κ1) is 22.4. The highest BCUT2D eigenvalue weighted by Crippen LogP contribution is 2.31. The summed E-state index contributed by atoms with van der Waals surface area (Å²) in [6, 6.07) is 9.87. The van der Waals surface area contributed by atoms with Crippen LogP contribution < -0.4 is 4.74 Å². The molecule has 0 saturated carbocycles. The van der Waals surface area contributed by atoms with Gasteiger partial charge in [0.2, 0.25) is 15.9 Å². The molecule has 3 aromatic rings. The first-order valence-corrected chi connectivity index (χ1v) is 11.5. The van der Waals surface area contributed by atoms with Gasteiger partial charge in [-0.15, -0.1) is 0 Å². The summed E-state index contributed by atoms with van der Waals surface area (Å²) in [5.74, 6) is 0.0242. The minimum atomic E-state index is -4.12. The van der Waals surface area contributed by atoms with Crippen LogP contribution in [0.3, 0.4) is 0 Å². The Morgan fingerprint density at radius 3 is 2.53 bits per heavy atom. The average Bonchev–Trinajstić information content (AvgIpc) is 3.15. The van der Waals surface area contributed by atoms with Crippen molar-refractivity contribution in [1.29, 1.82) is 0 Å². The predicted molar refractivity (Wildman–Crippen MR) is 114 cm³/mol. The van der Waals surface area contributed by atoms with Gasteiger partial charge in [-0.05, 0) is 37.3 Å². The molecule has 0 unspecified atom stereocenters. The Balaban J connectivity index is 1.45. The van der Waals surface area contributed by atoms with Crippen molar-refractivity contribution in [3.05, 3.63) is 65.6 Å². The van der Waals surface area contributed by atoms with E-state index in [-0.39, 0.29) is 13.1 Å². The monoisotopic (exact) mass is 463 g/mol. The molecule has 170 valence electrons. The maximum Gasteiger partial charge on any atom is 0.246 e. The van der Waals surface area contributed by atoms with E-state index in [1.807, 2.05) is 36.1 Å². The number of hydrogen-bond acceptors (Lipinski definition) is 6. The first-order chi connectivity index (χ1) is 15.3. The minimum absolute atomic E-state index is 0.161. The van der Waals surface area contributed by atoms with E-state index in [2.05, 4.69) is 4.98 Å². The number of piperazine rings is 1. The summed E-state index contributed by atoms with van der Waals surface area (Å²) < 4.78 is 65.4. The van der Waals surface area contributed by atoms with Crippen molar-refractivity contribution in [3.8, 4) is 17.2 Å². The van der Waals surface area contributed by atoms with Crippen molar-refractivity contribution in [1.82, 2.24) is 14.2 Å². The summed E-state index contributed by atoms with van der Waals surface area (Å²) in [7, 11) is -2.53. The number of nitrogens with zero attached hydrogens (tertiary/aromatic N) is 3. The fourth-order valence-electron chi connectivity index (χ4n) is 3.67. The second-order valence-electron chi connectivity index (χ2n) is 7.48. The maximum absolute atomic E-state index is 14.0. The van der Waals surface area contributed by atoms with Gasteiger partial charge in [0.1, 0.15) is 28.0 Å². The number of aryl methyl sites for hydroxylation is 1. The standard InChI is InChI=1S/C22H23F2N3O4S/c1-15-19(25-22(31-15)17-5-3-4-6-20(17)30-2)14-26-9-11-27(12-10-26)32(28,29)21-13-16(23)7-8-18(21)24/h3-8,13H,9-12,14H2,1-2H3. The van der Waals surface area contributed by atoms with E-state index < -0.39 is 26.6 Å². The number of aromatic nitrogens is 1. The maximum atomic E-state index is 14.0. The van der Waals surface area contributed by atoms with E-state index >= 15 is 0 Å². The number of halogens is 2. The van der Waals surface area contributed by atoms with Crippen LogP contribution in [0.4, 0.5) is 8.78 Å². The lowest BCUT2D eigenvalue weighted by Gasteiger charge is -2.33. The summed E-state index contributed by atoms with van der Waals surface area (Å²) in [4.78, 5) is 6.02. The van der Waals surface area contributed by atoms with Gasteiger partial charge in [0.15, 0.2) is 0 Å². The van der Waals surface area contributed by atoms with Gasteiger partial charge in [0.25, 0.3) is 0 Å². The zero-order valence-electron chi connectivity index (χ0n) is 17.7. The van der Waals surface area contributed by atoms with Crippen molar-refractivity contribution in [2.75, 3.05) is 33.3 Å². The van der Waals surface area contributed by atoms with Crippen LogP contribution in [0.2, 0.25) is 0 Å². The summed E-state index contributed by atoms with van der Waals surface area (Å²) in [5, 5.41) is 0. The average molecular weight is 464 g/mol. The molecule has 0 amide bonds. The van der Waals surface area contributed by atoms with Crippen molar-refractivity contribution in [2.24, 2.45) is 0 Å². The van der Waals surface area contributed by atoms with E-state index in [1.54, 1.807) is 7.11 Å². The highest BCUT2D eigenvalue weighted by atomic mass is 32.2. The molecule has 32 heavy (non-hydrogen) atoms. The summed E-state index contributed by atoms with van der Waals surface area (Å²) in [5.41, 5.74) is 1.50. The highest BCUT2D eigenvalue weighted by molar-refractivity contribution is 7.89. The van der Waals surface area contributed by atoms with Gasteiger partial charge >= 0.3 is 0 Å². The molecule has 2 heterocycles. The molecule has 4 rings (SSSR count). The number of hydrogen-bond donors (Lipinski definition) is 0. The number of para-hydroxylation sites is 1. The van der Waals surface area contributed by atoms with Crippen LogP contribution >= 0.6 is 0 Å². The van der Waals surface area contributed by atoms with Gasteiger partial charge in [0.05, 0.1) is 18.4 Å². The number of rotatable bonds is 6. The van der Waals surface area contributed by atoms with Gasteiger partial charge < -0.3 is 9.15 Å². The number of oxazole rings is 1. The minimum Gasteiger partial charge on any atom is -0.496 e. The first-order valence-electron chi connectivity index (χ1n) is 10.1. The smallest absolute Gasteiger partial charge is 0.246 e. The quantitative estimate of drug-likeness (QED) is 0.558. The van der Waals surface area contributed by atoms with E-state index in [4.69, 9.17) is 9.15 Å². The molecule has 0 spiro atoms. The molecule has 2 aromatic carbocycles. The van der Waals surface area contributed by atoms with Gasteiger partial charge in [-0.1, -0.05) is 12.1 Å². The van der Waals surface area contributed by atoms with Crippen LogP contribution in [0.5, 0.6) is 5.75 Å². The number of benzene rings is 2. The molecule has 0 atom stereocenters. The van der Waals surface area contributed by atoms with Crippen LogP contribution in [-0.2, 0) is 16.6 Å². The van der Waals surface area contributed by atoms with Gasteiger partial charge in [-0.3, -0.25) is 4.90 Å². The third-order valence-corrected chi connectivity index (χ3v) is 7.36. The molecule has 0 bridgehead atoms. The van der Waals surface area contributed by atoms with Gasteiger partial charge in [-0.2, -0.15) is 4.31 Å². The second-order valence-corrected chi connectivity index (χ2v) is 9.38. The van der Waals surface area contributed by atoms with Crippen LogP contribution in [0, 0.1) is 18.6 Å². The van der Waals surface area contributed by atoms with E-state index in [1.165, 1.54) is 4.31 Å². The Morgan fingerprint density at radius 2 is 1.81 bits per heavy atom. The third kappa shape index (κ3) is 4.38. The van der Waals surface area contributed by atoms with Crippen LogP contribution in [-0.4, -0.2) is 55.9 Å². The fraction of sp³-hybridized carbons (Fsp3) is 0.318. The Labute approximate surface area is 185 Å². The van der Waals surface area contributed by atoms with Crippen LogP contribution in [0.15, 0.2) is 51.8 Å². The second kappa shape index (κ2) is 8.97. The van der Waals surface area contributed by atoms with Gasteiger partial charge in [-0.25, -0.2) is 22.2 Å². The molecule has 0 aliphatic carbocycles. The lowest BCUT2D eigenvalue weighted by molar-refractivity contribution is 0.179. The fourth-order valence-corrected chi connectivity index (χ4v) is 5.16. The van der Waals surface area contributed by atoms with Crippen molar-refractivity contribution in [3.63, 3.8) is 0 Å². The largest absolute Gasteiger partial charge is 0.496 e. The molecule has 0 N–H and O–H groups in total. The number of ether oxygens (including phenoxy) is 1. The Bertz CT molecular complexity index is 1220. The molecule has 1 saturated heterocycles. The number of sulfonamides is 1. The lowest BCUT2D eigenvalue weighted by Crippen LogP contribution is -2.48. The molecule has 1 aliphatic heterocycles. The normalized spacial score (nSPS) is 15.8. The molecule has 0 radical (unpaired) electrons. The van der Waals surface area contributed by atoms with Crippen molar-refractivity contribution < 1.29 is 26.4 Å². The summed E-state index contributed by atoms with van der Waals surface area (Å²) >= 11 is 0. The molecule has 1 aromatic heterocycles. The summed E-state index contributed by atoms with van der Waals surface area (Å²) in [6.07, 6.45) is 0. The van der Waals surface area contributed by atoms with Crippen LogP contribution in [0.1, 0.15) is 11.5 Å². The van der Waals surface area contributed by atoms with E-state index in [0.717, 1.165) is 29.5 Å². The topological polar surface area (TPSA) is 75.9 Å². The van der Waals surface area contributed by atoms with E-state index in [0.29, 0.717) is 37.0 Å². The molecule has 7 nitrogen and oxygen atoms in total. The third-order valence-electron chi connectivity index (χ3n) is 5.45. The molecule has 10 heteroatoms. The van der Waals surface area contributed by atoms with E-state index in [9.17, 15) is 17.2 Å². The predicted octanol–water partition coefficient (Wildman–Crippen LogP) is 3.44. The van der Waals surface area contributed by atoms with Gasteiger partial charge in [0, 0.05) is 32.7 Å².